The van der Waals surface area contributed by atoms with Gasteiger partial charge >= 0.3 is 0 Å². The van der Waals surface area contributed by atoms with Crippen LogP contribution in [0.2, 0.25) is 0 Å². The molecule has 8 heteroatoms. The average Bonchev–Trinajstić information content (AvgIpc) is 2.98. The maximum atomic E-state index is 12.9. The second-order valence-corrected chi connectivity index (χ2v) is 6.25. The third-order valence-electron chi connectivity index (χ3n) is 3.82. The molecule has 1 saturated heterocycles. The fourth-order valence-electron chi connectivity index (χ4n) is 2.70. The molecule has 1 aromatic carbocycles. The topological polar surface area (TPSA) is 88.3 Å². The molecule has 2 aromatic rings. The molecule has 1 aliphatic heterocycles. The van der Waals surface area contributed by atoms with E-state index >= 15 is 0 Å². The Morgan fingerprint density at radius 3 is 2.79 bits per heavy atom. The number of nitrogens with zero attached hydrogens (tertiary/aromatic N) is 2. The molecule has 0 saturated carbocycles. The van der Waals surface area contributed by atoms with Crippen molar-refractivity contribution in [1.29, 1.82) is 0 Å². The van der Waals surface area contributed by atoms with E-state index in [9.17, 15) is 9.59 Å². The number of rotatable bonds is 3. The molecule has 6 nitrogen and oxygen atoms in total. The highest BCUT2D eigenvalue weighted by Crippen LogP contribution is 2.27. The molecule has 3 rings (SSSR count). The van der Waals surface area contributed by atoms with E-state index in [-0.39, 0.29) is 36.7 Å². The number of nitrogens with two attached hydrogens (primary N) is 1. The van der Waals surface area contributed by atoms with E-state index < -0.39 is 0 Å². The van der Waals surface area contributed by atoms with Crippen LogP contribution in [0.25, 0.3) is 0 Å². The summed E-state index contributed by atoms with van der Waals surface area (Å²) in [6.45, 7) is 1.22. The lowest BCUT2D eigenvalue weighted by Gasteiger charge is -2.29. The molecule has 1 atom stereocenters. The first-order chi connectivity index (χ1) is 11.2. The molecule has 2 heterocycles. The lowest BCUT2D eigenvalue weighted by atomic mass is 10.0. The van der Waals surface area contributed by atoms with Gasteiger partial charge in [-0.15, -0.1) is 23.7 Å². The molecule has 1 aromatic heterocycles. The second kappa shape index (κ2) is 8.23. The molecule has 1 unspecified atom stereocenters. The van der Waals surface area contributed by atoms with Gasteiger partial charge in [-0.3, -0.25) is 9.59 Å². The Kier molecular flexibility index (Phi) is 6.30. The minimum atomic E-state index is -0.283. The Bertz CT molecular complexity index is 707. The van der Waals surface area contributed by atoms with Gasteiger partial charge in [0, 0.05) is 25.0 Å². The van der Waals surface area contributed by atoms with Crippen molar-refractivity contribution in [3.8, 4) is 0 Å². The van der Waals surface area contributed by atoms with Gasteiger partial charge in [-0.25, -0.2) is 4.98 Å². The molecule has 0 radical (unpaired) electrons. The molecule has 0 aliphatic carbocycles. The summed E-state index contributed by atoms with van der Waals surface area (Å²) in [4.78, 5) is 30.8. The zero-order valence-electron chi connectivity index (χ0n) is 13.0. The van der Waals surface area contributed by atoms with Gasteiger partial charge in [-0.1, -0.05) is 30.3 Å². The number of nitrogens with one attached hydrogen (secondary N) is 1. The third kappa shape index (κ3) is 3.92. The van der Waals surface area contributed by atoms with Crippen LogP contribution in [-0.4, -0.2) is 34.8 Å². The van der Waals surface area contributed by atoms with Crippen molar-refractivity contribution in [2.24, 2.45) is 5.73 Å². The number of thiazole rings is 1. The number of aromatic nitrogens is 1. The van der Waals surface area contributed by atoms with Crippen LogP contribution in [0.3, 0.4) is 0 Å². The van der Waals surface area contributed by atoms with Crippen LogP contribution in [0.15, 0.2) is 35.7 Å². The van der Waals surface area contributed by atoms with Gasteiger partial charge in [0.15, 0.2) is 0 Å². The van der Waals surface area contributed by atoms with Crippen LogP contribution in [0.4, 0.5) is 0 Å². The molecule has 1 aliphatic rings. The van der Waals surface area contributed by atoms with Crippen molar-refractivity contribution in [3.05, 3.63) is 52.0 Å². The monoisotopic (exact) mass is 366 g/mol. The van der Waals surface area contributed by atoms with Gasteiger partial charge in [0.25, 0.3) is 5.91 Å². The number of carbonyl (C=O) groups is 2. The Hall–Kier alpha value is -1.96. The highest BCUT2D eigenvalue weighted by atomic mass is 35.5. The van der Waals surface area contributed by atoms with Gasteiger partial charge in [-0.2, -0.15) is 0 Å². The zero-order chi connectivity index (χ0) is 16.2. The number of halogens is 1. The Labute approximate surface area is 150 Å². The summed E-state index contributed by atoms with van der Waals surface area (Å²) in [7, 11) is 0. The van der Waals surface area contributed by atoms with Crippen LogP contribution < -0.4 is 11.1 Å². The quantitative estimate of drug-likeness (QED) is 0.865. The minimum Gasteiger partial charge on any atom is -0.354 e. The fourth-order valence-corrected chi connectivity index (χ4v) is 3.34. The predicted octanol–water partition coefficient (Wildman–Crippen LogP) is 1.73. The molecule has 0 bridgehead atoms. The first-order valence-electron chi connectivity index (χ1n) is 7.46. The standard InChI is InChI=1S/C16H18N4O2S.ClH/c17-9-15-19-12(10-23-15)16(22)20-7-6-18-14(21)8-13(20)11-4-2-1-3-5-11;/h1-5,10,13H,6-9,17H2,(H,18,21);1H. The van der Waals surface area contributed by atoms with Gasteiger partial charge in [-0.05, 0) is 5.56 Å². The maximum Gasteiger partial charge on any atom is 0.273 e. The van der Waals surface area contributed by atoms with Gasteiger partial charge in [0.1, 0.15) is 10.7 Å². The summed E-state index contributed by atoms with van der Waals surface area (Å²) in [5, 5.41) is 5.29. The predicted molar refractivity (Wildman–Crippen MR) is 95.1 cm³/mol. The summed E-state index contributed by atoms with van der Waals surface area (Å²) >= 11 is 1.38. The van der Waals surface area contributed by atoms with E-state index in [0.29, 0.717) is 25.3 Å². The van der Waals surface area contributed by atoms with Crippen molar-refractivity contribution >= 4 is 35.6 Å². The number of amides is 2. The minimum absolute atomic E-state index is 0. The normalized spacial score (nSPS) is 17.6. The number of carbonyl (C=O) groups excluding carboxylic acids is 2. The third-order valence-corrected chi connectivity index (χ3v) is 4.69. The SMILES string of the molecule is Cl.NCc1nc(C(=O)N2CCNC(=O)CC2c2ccccc2)cs1. The van der Waals surface area contributed by atoms with Gasteiger partial charge in [0.2, 0.25) is 5.91 Å². The molecule has 128 valence electrons. The Morgan fingerprint density at radius 2 is 2.12 bits per heavy atom. The Balaban J connectivity index is 0.00000208. The average molecular weight is 367 g/mol. The highest BCUT2D eigenvalue weighted by Gasteiger charge is 2.31. The molecule has 1 fully saturated rings. The molecule has 0 spiro atoms. The van der Waals surface area contributed by atoms with E-state index in [1.54, 1.807) is 10.3 Å². The van der Waals surface area contributed by atoms with E-state index in [4.69, 9.17) is 5.73 Å². The zero-order valence-corrected chi connectivity index (χ0v) is 14.6. The van der Waals surface area contributed by atoms with Crippen LogP contribution >= 0.6 is 23.7 Å². The lowest BCUT2D eigenvalue weighted by Crippen LogP contribution is -2.36. The van der Waals surface area contributed by atoms with Crippen LogP contribution in [0.1, 0.15) is 33.5 Å². The Morgan fingerprint density at radius 1 is 1.38 bits per heavy atom. The molecular formula is C16H19ClN4O2S. The van der Waals surface area contributed by atoms with Gasteiger partial charge in [0.05, 0.1) is 12.5 Å². The van der Waals surface area contributed by atoms with Crippen LogP contribution in [0.5, 0.6) is 0 Å². The fraction of sp³-hybridized carbons (Fsp3) is 0.312. The van der Waals surface area contributed by atoms with Crippen molar-refractivity contribution in [2.45, 2.75) is 19.0 Å². The number of hydrogen-bond donors (Lipinski definition) is 2. The molecular weight excluding hydrogens is 348 g/mol. The maximum absolute atomic E-state index is 12.9. The molecule has 2 amide bonds. The summed E-state index contributed by atoms with van der Waals surface area (Å²) in [5.74, 6) is -0.207. The largest absolute Gasteiger partial charge is 0.354 e. The molecule has 3 N–H and O–H groups in total. The van der Waals surface area contributed by atoms with Crippen molar-refractivity contribution in [1.82, 2.24) is 15.2 Å². The first-order valence-corrected chi connectivity index (χ1v) is 8.34. The van der Waals surface area contributed by atoms with E-state index in [2.05, 4.69) is 10.3 Å². The lowest BCUT2D eigenvalue weighted by molar-refractivity contribution is -0.121. The second-order valence-electron chi connectivity index (χ2n) is 5.31. The molecule has 24 heavy (non-hydrogen) atoms. The van der Waals surface area contributed by atoms with Gasteiger partial charge < -0.3 is 16.0 Å². The number of hydrogen-bond acceptors (Lipinski definition) is 5. The van der Waals surface area contributed by atoms with Crippen molar-refractivity contribution in [3.63, 3.8) is 0 Å². The smallest absolute Gasteiger partial charge is 0.273 e. The highest BCUT2D eigenvalue weighted by molar-refractivity contribution is 7.09. The van der Waals surface area contributed by atoms with E-state index in [1.807, 2.05) is 30.3 Å². The van der Waals surface area contributed by atoms with Crippen molar-refractivity contribution in [2.75, 3.05) is 13.1 Å². The van der Waals surface area contributed by atoms with Crippen molar-refractivity contribution < 1.29 is 9.59 Å². The summed E-state index contributed by atoms with van der Waals surface area (Å²) < 4.78 is 0. The summed E-state index contributed by atoms with van der Waals surface area (Å²) in [6, 6.07) is 9.34. The van der Waals surface area contributed by atoms with Crippen LogP contribution in [0, 0.1) is 0 Å². The number of benzene rings is 1. The summed E-state index contributed by atoms with van der Waals surface area (Å²) in [6.07, 6.45) is 0.254. The van der Waals surface area contributed by atoms with Crippen LogP contribution in [-0.2, 0) is 11.3 Å². The van der Waals surface area contributed by atoms with E-state index in [1.165, 1.54) is 11.3 Å². The summed E-state index contributed by atoms with van der Waals surface area (Å²) in [5.41, 5.74) is 6.92. The van der Waals surface area contributed by atoms with E-state index in [0.717, 1.165) is 10.6 Å². The first kappa shape index (κ1) is 18.4.